The topological polar surface area (TPSA) is 18.5 Å². The van der Waals surface area contributed by atoms with Gasteiger partial charge in [-0.15, -0.1) is 0 Å². The molecule has 0 atom stereocenters. The molecule has 1 N–H and O–H groups in total. The second kappa shape index (κ2) is 7.39. The molecule has 1 aliphatic rings. The van der Waals surface area contributed by atoms with Crippen LogP contribution in [0.1, 0.15) is 38.8 Å². The van der Waals surface area contributed by atoms with E-state index in [0.717, 1.165) is 13.1 Å². The molecule has 0 bridgehead atoms. The van der Waals surface area contributed by atoms with Gasteiger partial charge >= 0.3 is 0 Å². The highest BCUT2D eigenvalue weighted by atomic mass is 15.3. The average Bonchev–Trinajstić information content (AvgIpc) is 2.46. The Hall–Kier alpha value is -0.900. The number of nitrogens with zero attached hydrogens (tertiary/aromatic N) is 2. The van der Waals surface area contributed by atoms with E-state index >= 15 is 0 Å². The molecule has 0 aliphatic carbocycles. The van der Waals surface area contributed by atoms with Crippen molar-refractivity contribution in [2.75, 3.05) is 32.7 Å². The van der Waals surface area contributed by atoms with Crippen molar-refractivity contribution >= 4 is 0 Å². The number of hydrogen-bond donors (Lipinski definition) is 1. The summed E-state index contributed by atoms with van der Waals surface area (Å²) < 4.78 is 0. The summed E-state index contributed by atoms with van der Waals surface area (Å²) in [7, 11) is 0. The highest BCUT2D eigenvalue weighted by molar-refractivity contribution is 5.27. The van der Waals surface area contributed by atoms with E-state index in [2.05, 4.69) is 67.1 Å². The predicted molar refractivity (Wildman–Crippen MR) is 90.4 cm³/mol. The summed E-state index contributed by atoms with van der Waals surface area (Å²) in [6.45, 7) is 16.9. The van der Waals surface area contributed by atoms with Crippen LogP contribution in [0.3, 0.4) is 0 Å². The van der Waals surface area contributed by atoms with E-state index in [1.54, 1.807) is 0 Å². The van der Waals surface area contributed by atoms with Gasteiger partial charge in [-0.05, 0) is 38.4 Å². The van der Waals surface area contributed by atoms with E-state index in [4.69, 9.17) is 0 Å². The number of benzene rings is 1. The Bertz CT molecular complexity index is 428. The number of nitrogens with one attached hydrogen (secondary N) is 1. The lowest BCUT2D eigenvalue weighted by Gasteiger charge is -2.34. The van der Waals surface area contributed by atoms with E-state index in [1.807, 2.05) is 0 Å². The van der Waals surface area contributed by atoms with Gasteiger partial charge in [0.05, 0.1) is 0 Å². The molecule has 3 heteroatoms. The van der Waals surface area contributed by atoms with Crippen molar-refractivity contribution in [3.63, 3.8) is 0 Å². The first-order valence-electron chi connectivity index (χ1n) is 8.24. The summed E-state index contributed by atoms with van der Waals surface area (Å²) >= 11 is 0. The molecule has 0 saturated carbocycles. The summed E-state index contributed by atoms with van der Waals surface area (Å²) in [6, 6.07) is 8.86. The molecular weight excluding hydrogens is 258 g/mol. The fraction of sp³-hybridized carbons (Fsp3) is 0.667. The third-order valence-electron chi connectivity index (χ3n) is 4.23. The van der Waals surface area contributed by atoms with Gasteiger partial charge in [0.25, 0.3) is 0 Å². The molecule has 0 amide bonds. The summed E-state index contributed by atoms with van der Waals surface area (Å²) in [5.74, 6) is 0. The molecule has 1 fully saturated rings. The van der Waals surface area contributed by atoms with Gasteiger partial charge in [0, 0.05) is 44.8 Å². The molecule has 0 unspecified atom stereocenters. The van der Waals surface area contributed by atoms with Crippen molar-refractivity contribution in [3.8, 4) is 0 Å². The largest absolute Gasteiger partial charge is 0.308 e. The van der Waals surface area contributed by atoms with Crippen LogP contribution in [0.15, 0.2) is 24.3 Å². The molecule has 3 nitrogen and oxygen atoms in total. The Morgan fingerprint density at radius 1 is 0.952 bits per heavy atom. The zero-order valence-corrected chi connectivity index (χ0v) is 14.2. The molecule has 1 saturated heterocycles. The van der Waals surface area contributed by atoms with Crippen molar-refractivity contribution in [2.45, 2.75) is 46.3 Å². The Kier molecular flexibility index (Phi) is 5.80. The number of piperazine rings is 1. The minimum Gasteiger partial charge on any atom is -0.308 e. The highest BCUT2D eigenvalue weighted by Gasteiger charge is 2.17. The lowest BCUT2D eigenvalue weighted by atomic mass is 10.0. The van der Waals surface area contributed by atoms with Crippen LogP contribution in [0.4, 0.5) is 0 Å². The predicted octanol–water partition coefficient (Wildman–Crippen LogP) is 2.71. The Morgan fingerprint density at radius 3 is 2.10 bits per heavy atom. The van der Waals surface area contributed by atoms with Gasteiger partial charge in [0.2, 0.25) is 0 Å². The van der Waals surface area contributed by atoms with E-state index in [9.17, 15) is 0 Å². The van der Waals surface area contributed by atoms with Gasteiger partial charge in [0.1, 0.15) is 0 Å². The van der Waals surface area contributed by atoms with Crippen LogP contribution in [0.5, 0.6) is 0 Å². The van der Waals surface area contributed by atoms with Crippen molar-refractivity contribution < 1.29 is 0 Å². The van der Waals surface area contributed by atoms with Crippen LogP contribution in [-0.4, -0.2) is 48.1 Å². The van der Waals surface area contributed by atoms with Crippen LogP contribution in [0, 0.1) is 0 Å². The van der Waals surface area contributed by atoms with Gasteiger partial charge in [-0.25, -0.2) is 0 Å². The van der Waals surface area contributed by atoms with Gasteiger partial charge in [-0.2, -0.15) is 0 Å². The molecule has 1 aromatic rings. The van der Waals surface area contributed by atoms with Gasteiger partial charge < -0.3 is 10.2 Å². The molecule has 2 rings (SSSR count). The zero-order chi connectivity index (χ0) is 15.3. The number of hydrogen-bond acceptors (Lipinski definition) is 3. The quantitative estimate of drug-likeness (QED) is 0.899. The summed E-state index contributed by atoms with van der Waals surface area (Å²) in [5, 5.41) is 3.61. The normalized spacial score (nSPS) is 18.1. The standard InChI is InChI=1S/C18H31N3/c1-5-20-10-12-21(13-11-20)15-17-9-7-6-8-16(17)14-19-18(2,3)4/h6-9,19H,5,10-15H2,1-4H3. The van der Waals surface area contributed by atoms with Crippen LogP contribution >= 0.6 is 0 Å². The third-order valence-corrected chi connectivity index (χ3v) is 4.23. The third kappa shape index (κ3) is 5.42. The Morgan fingerprint density at radius 2 is 1.52 bits per heavy atom. The van der Waals surface area contributed by atoms with Crippen molar-refractivity contribution in [3.05, 3.63) is 35.4 Å². The van der Waals surface area contributed by atoms with E-state index in [0.29, 0.717) is 0 Å². The number of likely N-dealkylation sites (N-methyl/N-ethyl adjacent to an activating group) is 1. The molecule has 0 spiro atoms. The van der Waals surface area contributed by atoms with Crippen LogP contribution in [-0.2, 0) is 13.1 Å². The van der Waals surface area contributed by atoms with Crippen LogP contribution in [0.2, 0.25) is 0 Å². The van der Waals surface area contributed by atoms with Crippen LogP contribution in [0.25, 0.3) is 0 Å². The zero-order valence-electron chi connectivity index (χ0n) is 14.2. The second-order valence-electron chi connectivity index (χ2n) is 7.08. The first-order chi connectivity index (χ1) is 9.98. The first kappa shape index (κ1) is 16.5. The van der Waals surface area contributed by atoms with Crippen molar-refractivity contribution in [1.82, 2.24) is 15.1 Å². The fourth-order valence-corrected chi connectivity index (χ4v) is 2.75. The summed E-state index contributed by atoms with van der Waals surface area (Å²) in [5.41, 5.74) is 3.07. The molecule has 21 heavy (non-hydrogen) atoms. The molecule has 0 aromatic heterocycles. The monoisotopic (exact) mass is 289 g/mol. The highest BCUT2D eigenvalue weighted by Crippen LogP contribution is 2.14. The average molecular weight is 289 g/mol. The maximum atomic E-state index is 3.61. The molecule has 1 heterocycles. The smallest absolute Gasteiger partial charge is 0.0238 e. The van der Waals surface area contributed by atoms with Gasteiger partial charge in [0.15, 0.2) is 0 Å². The summed E-state index contributed by atoms with van der Waals surface area (Å²) in [4.78, 5) is 5.12. The Balaban J connectivity index is 1.94. The SMILES string of the molecule is CCN1CCN(Cc2ccccc2CNC(C)(C)C)CC1. The van der Waals surface area contributed by atoms with E-state index in [1.165, 1.54) is 43.9 Å². The minimum atomic E-state index is 0.167. The minimum absolute atomic E-state index is 0.167. The maximum absolute atomic E-state index is 3.61. The molecule has 0 radical (unpaired) electrons. The molecular formula is C18H31N3. The molecule has 118 valence electrons. The summed E-state index contributed by atoms with van der Waals surface area (Å²) in [6.07, 6.45) is 0. The van der Waals surface area contributed by atoms with E-state index < -0.39 is 0 Å². The van der Waals surface area contributed by atoms with Crippen molar-refractivity contribution in [1.29, 1.82) is 0 Å². The second-order valence-corrected chi connectivity index (χ2v) is 7.08. The van der Waals surface area contributed by atoms with E-state index in [-0.39, 0.29) is 5.54 Å². The van der Waals surface area contributed by atoms with Gasteiger partial charge in [-0.3, -0.25) is 4.90 Å². The Labute approximate surface area is 130 Å². The van der Waals surface area contributed by atoms with Crippen molar-refractivity contribution in [2.24, 2.45) is 0 Å². The van der Waals surface area contributed by atoms with Gasteiger partial charge in [-0.1, -0.05) is 31.2 Å². The lowest BCUT2D eigenvalue weighted by molar-refractivity contribution is 0.131. The fourth-order valence-electron chi connectivity index (χ4n) is 2.75. The maximum Gasteiger partial charge on any atom is 0.0238 e. The van der Waals surface area contributed by atoms with Crippen LogP contribution < -0.4 is 5.32 Å². The lowest BCUT2D eigenvalue weighted by Crippen LogP contribution is -2.45. The molecule has 1 aromatic carbocycles. The number of rotatable bonds is 5. The molecule has 1 aliphatic heterocycles. The first-order valence-corrected chi connectivity index (χ1v) is 8.24.